The molecule has 0 aliphatic heterocycles. The molecule has 5 atom stereocenters. The van der Waals surface area contributed by atoms with Gasteiger partial charge in [-0.1, -0.05) is 20.8 Å². The molecular weight excluding hydrogens is 222 g/mol. The maximum absolute atomic E-state index is 6.59. The third-order valence-electron chi connectivity index (χ3n) is 6.88. The second-order valence-electron chi connectivity index (χ2n) is 7.60. The summed E-state index contributed by atoms with van der Waals surface area (Å²) >= 11 is 0. The predicted octanol–water partition coefficient (Wildman–Crippen LogP) is 3.36. The highest BCUT2D eigenvalue weighted by molar-refractivity contribution is 5.11. The van der Waals surface area contributed by atoms with Gasteiger partial charge in [0.25, 0.3) is 0 Å². The number of fused-ring (bicyclic) bond motifs is 2. The Labute approximate surface area is 112 Å². The summed E-state index contributed by atoms with van der Waals surface area (Å²) < 4.78 is 6.59. The van der Waals surface area contributed by atoms with Crippen molar-refractivity contribution in [2.24, 2.45) is 16.7 Å². The van der Waals surface area contributed by atoms with Crippen LogP contribution in [0, 0.1) is 16.7 Å². The second kappa shape index (κ2) is 4.21. The quantitative estimate of drug-likeness (QED) is 0.830. The minimum atomic E-state index is 0.415. The van der Waals surface area contributed by atoms with Crippen LogP contribution in [0.5, 0.6) is 0 Å². The average molecular weight is 251 g/mol. The van der Waals surface area contributed by atoms with Crippen molar-refractivity contribution in [3.63, 3.8) is 0 Å². The second-order valence-corrected chi connectivity index (χ2v) is 7.60. The Morgan fingerprint density at radius 1 is 1.11 bits per heavy atom. The number of rotatable bonds is 3. The van der Waals surface area contributed by atoms with Crippen LogP contribution in [0.1, 0.15) is 59.3 Å². The molecule has 0 amide bonds. The van der Waals surface area contributed by atoms with Crippen LogP contribution in [0.4, 0.5) is 0 Å². The standard InChI is InChI=1S/C16H29NO/c1-15(2)11-8-9-16(15,3)14(10-11)18-13-7-5-6-12(13)17-4/h11-14,17H,5-10H2,1-4H3. The van der Waals surface area contributed by atoms with Gasteiger partial charge in [-0.05, 0) is 62.3 Å². The van der Waals surface area contributed by atoms with E-state index in [1.54, 1.807) is 0 Å². The molecule has 3 aliphatic rings. The van der Waals surface area contributed by atoms with Crippen molar-refractivity contribution < 1.29 is 4.74 Å². The molecule has 1 N–H and O–H groups in total. The van der Waals surface area contributed by atoms with E-state index in [0.717, 1.165) is 5.92 Å². The monoisotopic (exact) mass is 251 g/mol. The zero-order valence-corrected chi connectivity index (χ0v) is 12.5. The number of nitrogens with one attached hydrogen (secondary N) is 1. The normalized spacial score (nSPS) is 50.0. The van der Waals surface area contributed by atoms with Gasteiger partial charge in [-0.2, -0.15) is 0 Å². The SMILES string of the molecule is CNC1CCCC1OC1CC2CCC1(C)C2(C)C. The molecule has 5 unspecified atom stereocenters. The van der Waals surface area contributed by atoms with Crippen LogP contribution in [0.3, 0.4) is 0 Å². The molecule has 0 saturated heterocycles. The van der Waals surface area contributed by atoms with Gasteiger partial charge >= 0.3 is 0 Å². The molecule has 3 fully saturated rings. The van der Waals surface area contributed by atoms with Gasteiger partial charge in [-0.25, -0.2) is 0 Å². The molecule has 3 saturated carbocycles. The van der Waals surface area contributed by atoms with Crippen molar-refractivity contribution in [3.8, 4) is 0 Å². The average Bonchev–Trinajstić information content (AvgIpc) is 2.91. The van der Waals surface area contributed by atoms with Crippen molar-refractivity contribution in [3.05, 3.63) is 0 Å². The molecule has 2 nitrogen and oxygen atoms in total. The number of hydrogen-bond acceptors (Lipinski definition) is 2. The number of ether oxygens (including phenoxy) is 1. The lowest BCUT2D eigenvalue weighted by molar-refractivity contribution is -0.0905. The van der Waals surface area contributed by atoms with E-state index in [9.17, 15) is 0 Å². The molecule has 0 aromatic rings. The third-order valence-corrected chi connectivity index (χ3v) is 6.88. The number of likely N-dealkylation sites (N-methyl/N-ethyl adjacent to an activating group) is 1. The summed E-state index contributed by atoms with van der Waals surface area (Å²) in [4.78, 5) is 0. The van der Waals surface area contributed by atoms with Gasteiger partial charge in [0.05, 0.1) is 12.2 Å². The molecule has 3 aliphatic carbocycles. The fraction of sp³-hybridized carbons (Fsp3) is 1.00. The molecule has 0 heterocycles. The van der Waals surface area contributed by atoms with Gasteiger partial charge in [0.2, 0.25) is 0 Å². The van der Waals surface area contributed by atoms with Crippen LogP contribution >= 0.6 is 0 Å². The van der Waals surface area contributed by atoms with E-state index in [0.29, 0.717) is 29.1 Å². The molecule has 2 bridgehead atoms. The van der Waals surface area contributed by atoms with Crippen LogP contribution in [0.15, 0.2) is 0 Å². The maximum atomic E-state index is 6.59. The van der Waals surface area contributed by atoms with Gasteiger partial charge < -0.3 is 10.1 Å². The van der Waals surface area contributed by atoms with Crippen LogP contribution in [0.2, 0.25) is 0 Å². The summed E-state index contributed by atoms with van der Waals surface area (Å²) in [5.41, 5.74) is 0.893. The molecule has 104 valence electrons. The Morgan fingerprint density at radius 2 is 1.89 bits per heavy atom. The van der Waals surface area contributed by atoms with Gasteiger partial charge in [0.1, 0.15) is 0 Å². The first-order valence-electron chi connectivity index (χ1n) is 7.82. The highest BCUT2D eigenvalue weighted by atomic mass is 16.5. The summed E-state index contributed by atoms with van der Waals surface area (Å²) in [6, 6.07) is 0.593. The van der Waals surface area contributed by atoms with Crippen LogP contribution < -0.4 is 5.32 Å². The van der Waals surface area contributed by atoms with Crippen molar-refractivity contribution >= 4 is 0 Å². The summed E-state index contributed by atoms with van der Waals surface area (Å²) in [6.45, 7) is 7.42. The molecule has 0 radical (unpaired) electrons. The van der Waals surface area contributed by atoms with Crippen molar-refractivity contribution in [1.82, 2.24) is 5.32 Å². The highest BCUT2D eigenvalue weighted by Crippen LogP contribution is 2.66. The van der Waals surface area contributed by atoms with Crippen molar-refractivity contribution in [1.29, 1.82) is 0 Å². The Hall–Kier alpha value is -0.0800. The van der Waals surface area contributed by atoms with E-state index in [4.69, 9.17) is 4.74 Å². The Balaban J connectivity index is 1.72. The molecule has 3 rings (SSSR count). The minimum absolute atomic E-state index is 0.415. The lowest BCUT2D eigenvalue weighted by atomic mass is 9.70. The fourth-order valence-corrected chi connectivity index (χ4v) is 4.97. The summed E-state index contributed by atoms with van der Waals surface area (Å²) in [5.74, 6) is 0.891. The van der Waals surface area contributed by atoms with E-state index in [-0.39, 0.29) is 0 Å². The van der Waals surface area contributed by atoms with Gasteiger partial charge in [0.15, 0.2) is 0 Å². The lowest BCUT2D eigenvalue weighted by Crippen LogP contribution is -2.43. The smallest absolute Gasteiger partial charge is 0.0732 e. The first-order valence-corrected chi connectivity index (χ1v) is 7.82. The molecule has 0 aromatic carbocycles. The molecule has 0 aromatic heterocycles. The zero-order valence-electron chi connectivity index (χ0n) is 12.5. The number of hydrogen-bond donors (Lipinski definition) is 1. The van der Waals surface area contributed by atoms with E-state index in [2.05, 4.69) is 33.1 Å². The Kier molecular flexibility index (Phi) is 3.02. The maximum Gasteiger partial charge on any atom is 0.0732 e. The van der Waals surface area contributed by atoms with Gasteiger partial charge in [-0.3, -0.25) is 0 Å². The van der Waals surface area contributed by atoms with Gasteiger partial charge in [0, 0.05) is 6.04 Å². The Morgan fingerprint density at radius 3 is 2.44 bits per heavy atom. The van der Waals surface area contributed by atoms with Gasteiger partial charge in [-0.15, -0.1) is 0 Å². The summed E-state index contributed by atoms with van der Waals surface area (Å²) in [6.07, 6.45) is 8.93. The molecule has 2 heteroatoms. The zero-order chi connectivity index (χ0) is 13.0. The topological polar surface area (TPSA) is 21.3 Å². The van der Waals surface area contributed by atoms with E-state index >= 15 is 0 Å². The van der Waals surface area contributed by atoms with E-state index < -0.39 is 0 Å². The lowest BCUT2D eigenvalue weighted by Gasteiger charge is -2.40. The van der Waals surface area contributed by atoms with Crippen molar-refractivity contribution in [2.45, 2.75) is 77.5 Å². The molecule has 18 heavy (non-hydrogen) atoms. The predicted molar refractivity (Wildman–Crippen MR) is 74.6 cm³/mol. The first-order chi connectivity index (χ1) is 8.49. The largest absolute Gasteiger partial charge is 0.373 e. The molecular formula is C16H29NO. The highest BCUT2D eigenvalue weighted by Gasteiger charge is 2.62. The van der Waals surface area contributed by atoms with E-state index in [1.807, 2.05) is 0 Å². The fourth-order valence-electron chi connectivity index (χ4n) is 4.97. The van der Waals surface area contributed by atoms with Crippen LogP contribution in [-0.4, -0.2) is 25.3 Å². The van der Waals surface area contributed by atoms with Crippen LogP contribution in [-0.2, 0) is 4.74 Å². The first kappa shape index (κ1) is 12.9. The van der Waals surface area contributed by atoms with Crippen molar-refractivity contribution in [2.75, 3.05) is 7.05 Å². The Bertz CT molecular complexity index is 327. The summed E-state index contributed by atoms with van der Waals surface area (Å²) in [7, 11) is 2.08. The minimum Gasteiger partial charge on any atom is -0.373 e. The molecule has 0 spiro atoms. The summed E-state index contributed by atoms with van der Waals surface area (Å²) in [5, 5.41) is 3.44. The van der Waals surface area contributed by atoms with E-state index in [1.165, 1.54) is 38.5 Å². The third kappa shape index (κ3) is 1.61. The van der Waals surface area contributed by atoms with Crippen LogP contribution in [0.25, 0.3) is 0 Å².